The number of rotatable bonds is 1. The third-order valence-electron chi connectivity index (χ3n) is 0.720. The second-order valence-corrected chi connectivity index (χ2v) is 2.66. The number of aliphatic imine (C=N–C) groups is 1. The minimum absolute atomic E-state index is 0.129. The fraction of sp³-hybridized carbons (Fsp3) is 0.333. The van der Waals surface area contributed by atoms with E-state index in [1.165, 1.54) is 13.2 Å². The van der Waals surface area contributed by atoms with Crippen molar-refractivity contribution >= 4 is 34.4 Å². The molecule has 0 saturated heterocycles. The average molecular weight is 195 g/mol. The maximum Gasteiger partial charge on any atom is 0.309 e. The first-order chi connectivity index (χ1) is 5.06. The van der Waals surface area contributed by atoms with Crippen LogP contribution in [-0.4, -0.2) is 18.3 Å². The summed E-state index contributed by atoms with van der Waals surface area (Å²) in [5.41, 5.74) is 0. The molecule has 1 N–H and O–H groups in total. The molecule has 0 unspecified atom stereocenters. The van der Waals surface area contributed by atoms with Gasteiger partial charge in [-0.3, -0.25) is 0 Å². The van der Waals surface area contributed by atoms with Gasteiger partial charge in [0.05, 0.1) is 7.11 Å². The molecule has 0 atom stereocenters. The highest BCUT2D eigenvalue weighted by atomic mass is 35.5. The fourth-order valence-corrected chi connectivity index (χ4v) is 0.739. The SMILES string of the molecule is COC(=N)N=C(Cl)/C=C(\C)Cl. The van der Waals surface area contributed by atoms with Crippen LogP contribution in [0.2, 0.25) is 0 Å². The van der Waals surface area contributed by atoms with Gasteiger partial charge in [-0.15, -0.1) is 0 Å². The fourth-order valence-electron chi connectivity index (χ4n) is 0.339. The molecular formula is C6H8Cl2N2O. The number of nitrogens with zero attached hydrogens (tertiary/aromatic N) is 1. The third-order valence-corrected chi connectivity index (χ3v) is 1.02. The highest BCUT2D eigenvalue weighted by molar-refractivity contribution is 6.69. The molecule has 0 radical (unpaired) electrons. The molecule has 0 saturated carbocycles. The number of halogens is 2. The molecule has 0 aliphatic rings. The van der Waals surface area contributed by atoms with Crippen LogP contribution in [0.1, 0.15) is 6.92 Å². The van der Waals surface area contributed by atoms with Crippen LogP contribution in [0.3, 0.4) is 0 Å². The first kappa shape index (κ1) is 10.5. The number of allylic oxidation sites excluding steroid dienone is 2. The van der Waals surface area contributed by atoms with E-state index in [-0.39, 0.29) is 11.2 Å². The third kappa shape index (κ3) is 5.88. The van der Waals surface area contributed by atoms with Gasteiger partial charge in [0.1, 0.15) is 5.17 Å². The zero-order valence-electron chi connectivity index (χ0n) is 6.19. The summed E-state index contributed by atoms with van der Waals surface area (Å²) in [5, 5.41) is 7.58. The predicted octanol–water partition coefficient (Wildman–Crippen LogP) is 2.35. The van der Waals surface area contributed by atoms with E-state index < -0.39 is 0 Å². The molecular weight excluding hydrogens is 187 g/mol. The van der Waals surface area contributed by atoms with Crippen molar-refractivity contribution in [3.8, 4) is 0 Å². The van der Waals surface area contributed by atoms with Crippen molar-refractivity contribution in [3.05, 3.63) is 11.1 Å². The topological polar surface area (TPSA) is 45.4 Å². The summed E-state index contributed by atoms with van der Waals surface area (Å²) < 4.78 is 4.44. The summed E-state index contributed by atoms with van der Waals surface area (Å²) in [6, 6.07) is -0.246. The molecule has 0 fully saturated rings. The lowest BCUT2D eigenvalue weighted by Crippen LogP contribution is -1.96. The lowest BCUT2D eigenvalue weighted by Gasteiger charge is -1.93. The van der Waals surface area contributed by atoms with Crippen LogP contribution in [0.4, 0.5) is 0 Å². The van der Waals surface area contributed by atoms with Crippen molar-refractivity contribution in [2.75, 3.05) is 7.11 Å². The van der Waals surface area contributed by atoms with Gasteiger partial charge in [-0.2, -0.15) is 4.99 Å². The standard InChI is InChI=1S/C6H8Cl2N2O/c1-4(7)3-5(8)10-6(9)11-2/h3,9H,1-2H3/b4-3+,9-6?,10-5?. The molecule has 0 aliphatic heterocycles. The minimum Gasteiger partial charge on any atom is -0.467 e. The van der Waals surface area contributed by atoms with E-state index in [1.807, 2.05) is 0 Å². The second kappa shape index (κ2) is 5.16. The van der Waals surface area contributed by atoms with Crippen molar-refractivity contribution in [2.24, 2.45) is 4.99 Å². The summed E-state index contributed by atoms with van der Waals surface area (Å²) in [6.45, 7) is 1.66. The largest absolute Gasteiger partial charge is 0.467 e. The van der Waals surface area contributed by atoms with Gasteiger partial charge in [-0.05, 0) is 13.0 Å². The molecule has 0 aromatic heterocycles. The van der Waals surface area contributed by atoms with Crippen LogP contribution in [-0.2, 0) is 4.74 Å². The van der Waals surface area contributed by atoms with E-state index in [0.29, 0.717) is 5.03 Å². The summed E-state index contributed by atoms with van der Waals surface area (Å²) in [7, 11) is 1.34. The van der Waals surface area contributed by atoms with Gasteiger partial charge < -0.3 is 4.74 Å². The zero-order valence-corrected chi connectivity index (χ0v) is 7.70. The van der Waals surface area contributed by atoms with E-state index in [0.717, 1.165) is 0 Å². The first-order valence-electron chi connectivity index (χ1n) is 2.76. The van der Waals surface area contributed by atoms with Crippen LogP contribution in [0.15, 0.2) is 16.1 Å². The minimum atomic E-state index is -0.246. The molecule has 62 valence electrons. The molecule has 0 amide bonds. The van der Waals surface area contributed by atoms with Gasteiger partial charge in [0.15, 0.2) is 0 Å². The van der Waals surface area contributed by atoms with E-state index in [2.05, 4.69) is 9.73 Å². The molecule has 0 aromatic carbocycles. The summed E-state index contributed by atoms with van der Waals surface area (Å²) in [5.74, 6) is 0. The van der Waals surface area contributed by atoms with Crippen LogP contribution >= 0.6 is 23.2 Å². The van der Waals surface area contributed by atoms with Crippen molar-refractivity contribution in [2.45, 2.75) is 6.92 Å². The smallest absolute Gasteiger partial charge is 0.309 e. The van der Waals surface area contributed by atoms with Crippen LogP contribution in [0.5, 0.6) is 0 Å². The Bertz CT molecular complexity index is 207. The Hall–Kier alpha value is -0.540. The number of hydrogen-bond acceptors (Lipinski definition) is 2. The number of amidine groups is 1. The van der Waals surface area contributed by atoms with Gasteiger partial charge in [-0.1, -0.05) is 23.2 Å². The van der Waals surface area contributed by atoms with Gasteiger partial charge in [-0.25, -0.2) is 5.41 Å². The average Bonchev–Trinajstić information content (AvgIpc) is 1.85. The first-order valence-corrected chi connectivity index (χ1v) is 3.52. The lowest BCUT2D eigenvalue weighted by atomic mass is 10.5. The molecule has 0 aromatic rings. The van der Waals surface area contributed by atoms with E-state index >= 15 is 0 Å². The van der Waals surface area contributed by atoms with Gasteiger partial charge in [0.2, 0.25) is 0 Å². The van der Waals surface area contributed by atoms with Gasteiger partial charge in [0.25, 0.3) is 0 Å². The Kier molecular flexibility index (Phi) is 4.90. The number of methoxy groups -OCH3 is 1. The lowest BCUT2D eigenvalue weighted by molar-refractivity contribution is 0.393. The highest BCUT2D eigenvalue weighted by Crippen LogP contribution is 2.01. The van der Waals surface area contributed by atoms with E-state index in [9.17, 15) is 0 Å². The zero-order chi connectivity index (χ0) is 8.85. The Labute approximate surface area is 75.2 Å². The second-order valence-electron chi connectivity index (χ2n) is 1.67. The Morgan fingerprint density at radius 1 is 1.55 bits per heavy atom. The normalized spacial score (nSPS) is 13.1. The summed E-state index contributed by atoms with van der Waals surface area (Å²) in [4.78, 5) is 3.52. The molecule has 0 rings (SSSR count). The van der Waals surface area contributed by atoms with Crippen molar-refractivity contribution in [3.63, 3.8) is 0 Å². The maximum atomic E-state index is 6.95. The van der Waals surface area contributed by atoms with Crippen LogP contribution < -0.4 is 0 Å². The number of hydrogen-bond donors (Lipinski definition) is 1. The van der Waals surface area contributed by atoms with Crippen LogP contribution in [0, 0.1) is 5.41 Å². The Balaban J connectivity index is 4.23. The highest BCUT2D eigenvalue weighted by Gasteiger charge is 1.93. The van der Waals surface area contributed by atoms with E-state index in [4.69, 9.17) is 28.6 Å². The Morgan fingerprint density at radius 3 is 2.45 bits per heavy atom. The van der Waals surface area contributed by atoms with Gasteiger partial charge in [0, 0.05) is 5.03 Å². The van der Waals surface area contributed by atoms with E-state index in [1.54, 1.807) is 6.92 Å². The molecule has 0 bridgehead atoms. The summed E-state index contributed by atoms with van der Waals surface area (Å²) >= 11 is 11.0. The molecule has 0 aliphatic carbocycles. The summed E-state index contributed by atoms with van der Waals surface area (Å²) in [6.07, 6.45) is 1.43. The van der Waals surface area contributed by atoms with Crippen molar-refractivity contribution < 1.29 is 4.74 Å². The van der Waals surface area contributed by atoms with Crippen LogP contribution in [0.25, 0.3) is 0 Å². The van der Waals surface area contributed by atoms with Crippen molar-refractivity contribution in [1.29, 1.82) is 5.41 Å². The predicted molar refractivity (Wildman–Crippen MR) is 47.6 cm³/mol. The number of ether oxygens (including phenoxy) is 1. The number of nitrogens with one attached hydrogen (secondary N) is 1. The molecule has 11 heavy (non-hydrogen) atoms. The van der Waals surface area contributed by atoms with Gasteiger partial charge >= 0.3 is 6.02 Å². The molecule has 0 spiro atoms. The quantitative estimate of drug-likeness (QED) is 0.506. The maximum absolute atomic E-state index is 6.95. The monoisotopic (exact) mass is 194 g/mol. The molecule has 5 heteroatoms. The Morgan fingerprint density at radius 2 is 2.09 bits per heavy atom. The molecule has 3 nitrogen and oxygen atoms in total. The molecule has 0 heterocycles. The van der Waals surface area contributed by atoms with Crippen molar-refractivity contribution in [1.82, 2.24) is 0 Å².